The number of thiocarbonyl (C=S) groups is 1. The number of nitrogens with one attached hydrogen (secondary N) is 2. The minimum absolute atomic E-state index is 0.152. The normalized spacial score (nSPS) is 12.8. The molecular formula is C29H33N3O4SSi. The number of imide groups is 1. The molecule has 0 radical (unpaired) electrons. The summed E-state index contributed by atoms with van der Waals surface area (Å²) in [4.78, 5) is 26.3. The van der Waals surface area contributed by atoms with E-state index in [1.54, 1.807) is 31.4 Å². The summed E-state index contributed by atoms with van der Waals surface area (Å²) in [7, 11) is 0.271. The molecule has 38 heavy (non-hydrogen) atoms. The van der Waals surface area contributed by atoms with Crippen molar-refractivity contribution in [2.75, 3.05) is 20.3 Å². The van der Waals surface area contributed by atoms with Crippen LogP contribution in [0.2, 0.25) is 19.6 Å². The highest BCUT2D eigenvalue weighted by Crippen LogP contribution is 2.28. The highest BCUT2D eigenvalue weighted by atomic mass is 32.1. The quantitative estimate of drug-likeness (QED) is 0.225. The average Bonchev–Trinajstić information content (AvgIpc) is 3.15. The van der Waals surface area contributed by atoms with Crippen LogP contribution in [0.5, 0.6) is 11.5 Å². The van der Waals surface area contributed by atoms with E-state index < -0.39 is 8.07 Å². The Bertz CT molecular complexity index is 1300. The number of amides is 2. The second-order valence-electron chi connectivity index (χ2n) is 10.1. The third-order valence-electron chi connectivity index (χ3n) is 6.40. The van der Waals surface area contributed by atoms with Crippen LogP contribution in [0.15, 0.2) is 66.7 Å². The van der Waals surface area contributed by atoms with Crippen molar-refractivity contribution in [2.24, 2.45) is 0 Å². The molecule has 0 spiro atoms. The van der Waals surface area contributed by atoms with E-state index in [1.165, 1.54) is 15.7 Å². The van der Waals surface area contributed by atoms with Crippen molar-refractivity contribution in [1.29, 1.82) is 0 Å². The molecule has 0 atom stereocenters. The summed E-state index contributed by atoms with van der Waals surface area (Å²) in [5, 5.41) is 8.48. The molecule has 7 nitrogen and oxygen atoms in total. The first-order valence-electron chi connectivity index (χ1n) is 12.5. The van der Waals surface area contributed by atoms with Gasteiger partial charge in [0, 0.05) is 13.1 Å². The Morgan fingerprint density at radius 1 is 0.842 bits per heavy atom. The summed E-state index contributed by atoms with van der Waals surface area (Å²) in [6.45, 7) is 8.50. The van der Waals surface area contributed by atoms with E-state index in [9.17, 15) is 9.59 Å². The molecule has 9 heteroatoms. The number of ether oxygens (including phenoxy) is 2. The van der Waals surface area contributed by atoms with Gasteiger partial charge < -0.3 is 20.1 Å². The molecule has 1 aliphatic heterocycles. The lowest BCUT2D eigenvalue weighted by Crippen LogP contribution is -2.37. The predicted molar refractivity (Wildman–Crippen MR) is 156 cm³/mol. The van der Waals surface area contributed by atoms with E-state index in [0.717, 1.165) is 5.56 Å². The van der Waals surface area contributed by atoms with Crippen LogP contribution in [0.25, 0.3) is 0 Å². The second-order valence-corrected chi connectivity index (χ2v) is 15.6. The molecule has 0 aromatic heterocycles. The molecular weight excluding hydrogens is 514 g/mol. The maximum absolute atomic E-state index is 12.5. The molecule has 1 heterocycles. The lowest BCUT2D eigenvalue weighted by molar-refractivity contribution is 0.0631. The fourth-order valence-corrected chi connectivity index (χ4v) is 5.49. The summed E-state index contributed by atoms with van der Waals surface area (Å²) in [6.07, 6.45) is 0. The number of carbonyl (C=O) groups is 2. The zero-order chi connectivity index (χ0) is 27.3. The first-order chi connectivity index (χ1) is 18.2. The summed E-state index contributed by atoms with van der Waals surface area (Å²) in [5.74, 6) is 0.509. The second kappa shape index (κ2) is 11.8. The smallest absolute Gasteiger partial charge is 0.261 e. The Kier molecular flexibility index (Phi) is 8.48. The Hall–Kier alpha value is -3.69. The van der Waals surface area contributed by atoms with Crippen molar-refractivity contribution in [3.63, 3.8) is 0 Å². The minimum Gasteiger partial charge on any atom is -0.493 e. The van der Waals surface area contributed by atoms with E-state index in [4.69, 9.17) is 21.7 Å². The van der Waals surface area contributed by atoms with Gasteiger partial charge in [0.1, 0.15) is 6.61 Å². The van der Waals surface area contributed by atoms with Crippen LogP contribution in [0.3, 0.4) is 0 Å². The molecule has 0 aliphatic carbocycles. The van der Waals surface area contributed by atoms with Crippen molar-refractivity contribution in [1.82, 2.24) is 15.5 Å². The predicted octanol–water partition coefficient (Wildman–Crippen LogP) is 4.08. The number of nitrogens with zero attached hydrogens (tertiary/aromatic N) is 1. The van der Waals surface area contributed by atoms with Crippen molar-refractivity contribution in [2.45, 2.75) is 32.7 Å². The lowest BCUT2D eigenvalue weighted by Gasteiger charge is -2.17. The number of hydrogen-bond acceptors (Lipinski definition) is 5. The van der Waals surface area contributed by atoms with E-state index >= 15 is 0 Å². The van der Waals surface area contributed by atoms with Crippen molar-refractivity contribution in [3.8, 4) is 11.5 Å². The highest BCUT2D eigenvalue weighted by molar-refractivity contribution is 7.80. The standard InChI is InChI=1S/C29H33N3O4SSi/c1-35-26-17-21(19-31-29(37)30-18-20-9-12-22(13-10-20)38(2,3)4)11-14-25(26)36-16-15-32-27(33)23-7-5-6-8-24(23)28(32)34/h5-14,17H,15-16,18-19H2,1-4H3,(H2,30,31,37). The number of rotatable bonds is 10. The van der Waals surface area contributed by atoms with Crippen molar-refractivity contribution in [3.05, 3.63) is 89.0 Å². The third kappa shape index (κ3) is 6.41. The summed E-state index contributed by atoms with van der Waals surface area (Å²) in [5.41, 5.74) is 3.01. The van der Waals surface area contributed by atoms with Gasteiger partial charge in [-0.25, -0.2) is 0 Å². The van der Waals surface area contributed by atoms with Crippen LogP contribution < -0.4 is 25.3 Å². The number of hydrogen-bond donors (Lipinski definition) is 2. The third-order valence-corrected chi connectivity index (χ3v) is 8.76. The van der Waals surface area contributed by atoms with Gasteiger partial charge in [-0.15, -0.1) is 0 Å². The van der Waals surface area contributed by atoms with Crippen LogP contribution in [0.1, 0.15) is 31.8 Å². The SMILES string of the molecule is COc1cc(CNC(=S)NCc2ccc([Si](C)(C)C)cc2)ccc1OCCN1C(=O)c2ccccc2C1=O. The maximum atomic E-state index is 12.5. The number of carbonyl (C=O) groups excluding carboxylic acids is 2. The molecule has 3 aromatic carbocycles. The van der Waals surface area contributed by atoms with Gasteiger partial charge in [0.15, 0.2) is 16.6 Å². The Morgan fingerprint density at radius 3 is 2.00 bits per heavy atom. The molecule has 0 saturated carbocycles. The van der Waals surface area contributed by atoms with Crippen LogP contribution >= 0.6 is 12.2 Å². The zero-order valence-electron chi connectivity index (χ0n) is 22.2. The average molecular weight is 548 g/mol. The fraction of sp³-hybridized carbons (Fsp3) is 0.276. The van der Waals surface area contributed by atoms with Gasteiger partial charge in [-0.3, -0.25) is 14.5 Å². The van der Waals surface area contributed by atoms with Gasteiger partial charge in [0.05, 0.1) is 32.9 Å². The molecule has 4 rings (SSSR count). The number of fused-ring (bicyclic) bond motifs is 1. The van der Waals surface area contributed by atoms with Crippen molar-refractivity contribution >= 4 is 42.4 Å². The van der Waals surface area contributed by atoms with Crippen LogP contribution in [0.4, 0.5) is 0 Å². The van der Waals surface area contributed by atoms with Crippen molar-refractivity contribution < 1.29 is 19.1 Å². The molecule has 0 saturated heterocycles. The van der Waals surface area contributed by atoms with Gasteiger partial charge in [0.2, 0.25) is 0 Å². The number of methoxy groups -OCH3 is 1. The Morgan fingerprint density at radius 2 is 1.42 bits per heavy atom. The van der Waals surface area contributed by atoms with E-state index in [2.05, 4.69) is 54.5 Å². The fourth-order valence-electron chi connectivity index (χ4n) is 4.18. The molecule has 0 bridgehead atoms. The van der Waals surface area contributed by atoms with E-state index in [-0.39, 0.29) is 25.0 Å². The van der Waals surface area contributed by atoms with Gasteiger partial charge in [0.25, 0.3) is 11.8 Å². The Balaban J connectivity index is 1.25. The largest absolute Gasteiger partial charge is 0.493 e. The topological polar surface area (TPSA) is 79.9 Å². The van der Waals surface area contributed by atoms with Gasteiger partial charge >= 0.3 is 0 Å². The van der Waals surface area contributed by atoms with Gasteiger partial charge in [-0.1, -0.05) is 67.3 Å². The summed E-state index contributed by atoms with van der Waals surface area (Å²) in [6, 6.07) is 21.2. The van der Waals surface area contributed by atoms with Crippen LogP contribution in [0, 0.1) is 0 Å². The molecule has 2 N–H and O–H groups in total. The van der Waals surface area contributed by atoms with E-state index in [0.29, 0.717) is 40.8 Å². The van der Waals surface area contributed by atoms with Crippen LogP contribution in [-0.2, 0) is 13.1 Å². The molecule has 0 fully saturated rings. The summed E-state index contributed by atoms with van der Waals surface area (Å²) >= 11 is 5.45. The highest BCUT2D eigenvalue weighted by Gasteiger charge is 2.34. The molecule has 198 valence electrons. The Labute approximate surface area is 230 Å². The maximum Gasteiger partial charge on any atom is 0.261 e. The van der Waals surface area contributed by atoms with Gasteiger partial charge in [-0.2, -0.15) is 0 Å². The van der Waals surface area contributed by atoms with Crippen LogP contribution in [-0.4, -0.2) is 50.2 Å². The lowest BCUT2D eigenvalue weighted by atomic mass is 10.1. The van der Waals surface area contributed by atoms with E-state index in [1.807, 2.05) is 18.2 Å². The molecule has 3 aromatic rings. The molecule has 0 unspecified atom stereocenters. The first-order valence-corrected chi connectivity index (χ1v) is 16.4. The molecule has 2 amide bonds. The zero-order valence-corrected chi connectivity index (χ0v) is 24.0. The van der Waals surface area contributed by atoms with Gasteiger partial charge in [-0.05, 0) is 47.6 Å². The number of benzene rings is 3. The monoisotopic (exact) mass is 547 g/mol. The molecule has 1 aliphatic rings. The minimum atomic E-state index is -1.30. The summed E-state index contributed by atoms with van der Waals surface area (Å²) < 4.78 is 11.4. The first kappa shape index (κ1) is 27.3.